The first kappa shape index (κ1) is 26.2. The quantitative estimate of drug-likeness (QED) is 0.201. The molecule has 0 aliphatic rings. The highest BCUT2D eigenvalue weighted by Crippen LogP contribution is 2.41. The van der Waals surface area contributed by atoms with Crippen LogP contribution in [0.25, 0.3) is 11.2 Å². The zero-order valence-corrected chi connectivity index (χ0v) is 22.8. The topological polar surface area (TPSA) is 85.1 Å². The van der Waals surface area contributed by atoms with Gasteiger partial charge in [0.15, 0.2) is 11.5 Å². The maximum Gasteiger partial charge on any atom is 0.166 e. The van der Waals surface area contributed by atoms with Gasteiger partial charge < -0.3 is 19.7 Å². The lowest BCUT2D eigenvalue weighted by Crippen LogP contribution is -2.38. The number of methoxy groups -OCH3 is 1. The van der Waals surface area contributed by atoms with Gasteiger partial charge in [-0.15, -0.1) is 0 Å². The van der Waals surface area contributed by atoms with Gasteiger partial charge in [-0.2, -0.15) is 0 Å². The van der Waals surface area contributed by atoms with E-state index in [1.165, 1.54) is 0 Å². The van der Waals surface area contributed by atoms with E-state index in [1.807, 2.05) is 71.3 Å². The molecule has 7 nitrogen and oxygen atoms in total. The Balaban J connectivity index is 1.55. The molecular weight excluding hydrogens is 510 g/mol. The fourth-order valence-electron chi connectivity index (χ4n) is 5.55. The minimum atomic E-state index is -0.802. The Bertz CT molecular complexity index is 1670. The number of aliphatic hydroxyl groups is 1. The Hall–Kier alpha value is -5.01. The summed E-state index contributed by atoms with van der Waals surface area (Å²) in [5.41, 5.74) is 4.73. The maximum atomic E-state index is 9.90. The number of nitrogens with one attached hydrogen (secondary N) is 1. The van der Waals surface area contributed by atoms with Crippen molar-refractivity contribution >= 4 is 17.0 Å². The van der Waals surface area contributed by atoms with Crippen LogP contribution < -0.4 is 10.1 Å². The Kier molecular flexibility index (Phi) is 7.43. The molecule has 1 atom stereocenters. The number of ether oxygens (including phenoxy) is 1. The van der Waals surface area contributed by atoms with Crippen molar-refractivity contribution in [3.05, 3.63) is 150 Å². The average Bonchev–Trinajstić information content (AvgIpc) is 3.48. The standard InChI is InChI=1S/C34H31N5O2/c1-41-29-19-17-28(18-20-29)34(26-13-7-3-8-14-26,27-15-9-4-10-16-27)38-32-31-33(36-23-35-32)39(24-37-31)30(21-22-40)25-11-5-2-6-12-25/h2-20,23-24,30,40H,21-22H2,1H3,(H,35,36,38)/t30-/m1/s1. The first-order chi connectivity index (χ1) is 20.2. The molecule has 0 aliphatic carbocycles. The van der Waals surface area contributed by atoms with Crippen molar-refractivity contribution in [1.82, 2.24) is 19.5 Å². The first-order valence-electron chi connectivity index (χ1n) is 13.6. The smallest absolute Gasteiger partial charge is 0.166 e. The molecule has 204 valence electrons. The van der Waals surface area contributed by atoms with Gasteiger partial charge in [0, 0.05) is 6.61 Å². The van der Waals surface area contributed by atoms with Crippen molar-refractivity contribution < 1.29 is 9.84 Å². The molecule has 2 aromatic heterocycles. The molecule has 7 heteroatoms. The van der Waals surface area contributed by atoms with Gasteiger partial charge in [-0.3, -0.25) is 0 Å². The highest BCUT2D eigenvalue weighted by Gasteiger charge is 2.37. The summed E-state index contributed by atoms with van der Waals surface area (Å²) in [6.07, 6.45) is 3.89. The zero-order valence-electron chi connectivity index (χ0n) is 22.8. The summed E-state index contributed by atoms with van der Waals surface area (Å²) in [6, 6.07) is 38.8. The molecule has 0 bridgehead atoms. The molecule has 2 heterocycles. The summed E-state index contributed by atoms with van der Waals surface area (Å²) >= 11 is 0. The van der Waals surface area contributed by atoms with E-state index in [0.717, 1.165) is 28.0 Å². The monoisotopic (exact) mass is 541 g/mol. The number of hydrogen-bond acceptors (Lipinski definition) is 6. The van der Waals surface area contributed by atoms with Crippen LogP contribution in [0.3, 0.4) is 0 Å². The summed E-state index contributed by atoms with van der Waals surface area (Å²) < 4.78 is 7.50. The summed E-state index contributed by atoms with van der Waals surface area (Å²) in [6.45, 7) is 0.0397. The van der Waals surface area contributed by atoms with Crippen molar-refractivity contribution in [2.45, 2.75) is 18.0 Å². The molecule has 0 aliphatic heterocycles. The van der Waals surface area contributed by atoms with Crippen molar-refractivity contribution in [3.63, 3.8) is 0 Å². The molecule has 4 aromatic carbocycles. The Labute approximate surface area is 239 Å². The van der Waals surface area contributed by atoms with Crippen LogP contribution in [0.5, 0.6) is 5.75 Å². The molecule has 0 spiro atoms. The molecule has 6 aromatic rings. The number of aliphatic hydroxyl groups excluding tert-OH is 1. The van der Waals surface area contributed by atoms with Crippen LogP contribution in [0, 0.1) is 0 Å². The van der Waals surface area contributed by atoms with Crippen LogP contribution in [0.1, 0.15) is 34.7 Å². The first-order valence-corrected chi connectivity index (χ1v) is 13.6. The van der Waals surface area contributed by atoms with Crippen LogP contribution in [-0.2, 0) is 5.54 Å². The van der Waals surface area contributed by atoms with E-state index in [1.54, 1.807) is 19.8 Å². The second-order valence-corrected chi connectivity index (χ2v) is 9.82. The molecule has 41 heavy (non-hydrogen) atoms. The van der Waals surface area contributed by atoms with Crippen LogP contribution in [0.2, 0.25) is 0 Å². The number of hydrogen-bond donors (Lipinski definition) is 2. The van der Waals surface area contributed by atoms with Crippen LogP contribution >= 0.6 is 0 Å². The number of aromatic nitrogens is 4. The number of fused-ring (bicyclic) bond motifs is 1. The molecule has 0 saturated carbocycles. The van der Waals surface area contributed by atoms with Gasteiger partial charge in [0.25, 0.3) is 0 Å². The zero-order chi connectivity index (χ0) is 28.1. The van der Waals surface area contributed by atoms with E-state index in [2.05, 4.69) is 58.8 Å². The molecule has 0 amide bonds. The minimum Gasteiger partial charge on any atom is -0.497 e. The number of nitrogens with zero attached hydrogens (tertiary/aromatic N) is 4. The molecule has 0 saturated heterocycles. The molecule has 0 unspecified atom stereocenters. The highest BCUT2D eigenvalue weighted by atomic mass is 16.5. The largest absolute Gasteiger partial charge is 0.497 e. The molecule has 0 radical (unpaired) electrons. The third-order valence-corrected chi connectivity index (χ3v) is 7.52. The van der Waals surface area contributed by atoms with E-state index >= 15 is 0 Å². The van der Waals surface area contributed by atoms with Crippen molar-refractivity contribution in [2.75, 3.05) is 19.0 Å². The molecular formula is C34H31N5O2. The fraction of sp³-hybridized carbons (Fsp3) is 0.147. The summed E-state index contributed by atoms with van der Waals surface area (Å²) in [4.78, 5) is 14.2. The van der Waals surface area contributed by atoms with Gasteiger partial charge in [-0.1, -0.05) is 103 Å². The van der Waals surface area contributed by atoms with Gasteiger partial charge in [0.05, 0.1) is 19.5 Å². The normalized spacial score (nSPS) is 12.2. The third-order valence-electron chi connectivity index (χ3n) is 7.52. The Morgan fingerprint density at radius 3 is 1.93 bits per heavy atom. The number of imidazole rings is 1. The Morgan fingerprint density at radius 1 is 0.756 bits per heavy atom. The predicted octanol–water partition coefficient (Wildman–Crippen LogP) is 6.21. The molecule has 2 N–H and O–H groups in total. The number of rotatable bonds is 10. The van der Waals surface area contributed by atoms with E-state index in [0.29, 0.717) is 23.4 Å². The fourth-order valence-corrected chi connectivity index (χ4v) is 5.55. The number of anilines is 1. The lowest BCUT2D eigenvalue weighted by molar-refractivity contribution is 0.269. The predicted molar refractivity (Wildman–Crippen MR) is 161 cm³/mol. The second kappa shape index (κ2) is 11.6. The van der Waals surface area contributed by atoms with E-state index < -0.39 is 5.54 Å². The molecule has 6 rings (SSSR count). The van der Waals surface area contributed by atoms with Gasteiger partial charge in [-0.25, -0.2) is 15.0 Å². The Morgan fingerprint density at radius 2 is 1.34 bits per heavy atom. The minimum absolute atomic E-state index is 0.0397. The maximum absolute atomic E-state index is 9.90. The van der Waals surface area contributed by atoms with Crippen molar-refractivity contribution in [2.24, 2.45) is 0 Å². The highest BCUT2D eigenvalue weighted by molar-refractivity contribution is 5.84. The SMILES string of the molecule is COc1ccc(C(Nc2ncnc3c2ncn3[C@H](CCO)c2ccccc2)(c2ccccc2)c2ccccc2)cc1. The van der Waals surface area contributed by atoms with E-state index in [4.69, 9.17) is 14.7 Å². The van der Waals surface area contributed by atoms with Gasteiger partial charge in [0.2, 0.25) is 0 Å². The van der Waals surface area contributed by atoms with Gasteiger partial charge in [-0.05, 0) is 40.8 Å². The van der Waals surface area contributed by atoms with Crippen molar-refractivity contribution in [3.8, 4) is 5.75 Å². The summed E-state index contributed by atoms with van der Waals surface area (Å²) in [7, 11) is 1.67. The third kappa shape index (κ3) is 4.92. The summed E-state index contributed by atoms with van der Waals surface area (Å²) in [5, 5.41) is 13.7. The van der Waals surface area contributed by atoms with Gasteiger partial charge in [0.1, 0.15) is 23.1 Å². The number of benzene rings is 4. The van der Waals surface area contributed by atoms with Crippen molar-refractivity contribution in [1.29, 1.82) is 0 Å². The second-order valence-electron chi connectivity index (χ2n) is 9.82. The lowest BCUT2D eigenvalue weighted by atomic mass is 9.77. The van der Waals surface area contributed by atoms with E-state index in [9.17, 15) is 5.11 Å². The van der Waals surface area contributed by atoms with Gasteiger partial charge >= 0.3 is 0 Å². The van der Waals surface area contributed by atoms with Crippen LogP contribution in [0.4, 0.5) is 5.82 Å². The van der Waals surface area contributed by atoms with E-state index in [-0.39, 0.29) is 12.6 Å². The summed E-state index contributed by atoms with van der Waals surface area (Å²) in [5.74, 6) is 1.39. The van der Waals surface area contributed by atoms with Crippen LogP contribution in [-0.4, -0.2) is 38.3 Å². The lowest BCUT2D eigenvalue weighted by Gasteiger charge is -2.37. The average molecular weight is 542 g/mol. The van der Waals surface area contributed by atoms with Crippen LogP contribution in [0.15, 0.2) is 128 Å². The molecule has 0 fully saturated rings.